The number of rotatable bonds is 7. The topological polar surface area (TPSA) is 83.5 Å². The molecular weight excluding hydrogens is 444 g/mol. The predicted octanol–water partition coefficient (Wildman–Crippen LogP) is 4.27. The van der Waals surface area contributed by atoms with E-state index in [0.29, 0.717) is 0 Å². The van der Waals surface area contributed by atoms with Gasteiger partial charge in [0.2, 0.25) is 10.0 Å². The second-order valence-electron chi connectivity index (χ2n) is 6.81. The molecule has 0 fully saturated rings. The Morgan fingerprint density at radius 2 is 1.53 bits per heavy atom. The van der Waals surface area contributed by atoms with Crippen LogP contribution in [0.15, 0.2) is 82.6 Å². The first-order valence-corrected chi connectivity index (χ1v) is 12.3. The van der Waals surface area contributed by atoms with Gasteiger partial charge in [0.15, 0.2) is 0 Å². The summed E-state index contributed by atoms with van der Waals surface area (Å²) in [5.74, 6) is 0. The minimum Gasteiger partial charge on any atom is -0.280 e. The normalized spacial score (nSPS) is 12.1. The fraction of sp³-hybridized carbons (Fsp3) is 0.143. The van der Waals surface area contributed by atoms with Crippen LogP contribution in [-0.4, -0.2) is 28.2 Å². The number of hydrogen-bond acceptors (Lipinski definition) is 4. The van der Waals surface area contributed by atoms with E-state index in [1.165, 1.54) is 41.7 Å². The fourth-order valence-electron chi connectivity index (χ4n) is 2.83. The third kappa shape index (κ3) is 5.02. The van der Waals surface area contributed by atoms with Crippen LogP contribution in [0.25, 0.3) is 0 Å². The molecule has 0 atom stereocenters. The van der Waals surface area contributed by atoms with Gasteiger partial charge in [0, 0.05) is 19.3 Å². The quantitative estimate of drug-likeness (QED) is 0.566. The first-order valence-electron chi connectivity index (χ1n) is 8.99. The van der Waals surface area contributed by atoms with Gasteiger partial charge >= 0.3 is 0 Å². The van der Waals surface area contributed by atoms with E-state index in [1.54, 1.807) is 12.1 Å². The van der Waals surface area contributed by atoms with Crippen LogP contribution in [-0.2, 0) is 26.6 Å². The lowest BCUT2D eigenvalue weighted by Gasteiger charge is -2.17. The van der Waals surface area contributed by atoms with Crippen molar-refractivity contribution < 1.29 is 16.8 Å². The Hall–Kier alpha value is -2.39. The summed E-state index contributed by atoms with van der Waals surface area (Å²) < 4.78 is 54.5. The Kier molecular flexibility index (Phi) is 6.52. The molecule has 0 bridgehead atoms. The summed E-state index contributed by atoms with van der Waals surface area (Å²) in [6.45, 7) is 2.03. The molecule has 0 aromatic heterocycles. The molecule has 0 heterocycles. The predicted molar refractivity (Wildman–Crippen MR) is 119 cm³/mol. The number of anilines is 1. The van der Waals surface area contributed by atoms with E-state index < -0.39 is 20.0 Å². The summed E-state index contributed by atoms with van der Waals surface area (Å²) in [4.78, 5) is 0.0197. The molecule has 3 aromatic carbocycles. The first kappa shape index (κ1) is 22.3. The molecule has 0 aliphatic rings. The van der Waals surface area contributed by atoms with E-state index in [9.17, 15) is 16.8 Å². The van der Waals surface area contributed by atoms with Crippen molar-refractivity contribution in [3.8, 4) is 0 Å². The van der Waals surface area contributed by atoms with Gasteiger partial charge in [-0.25, -0.2) is 16.8 Å². The molecule has 1 N–H and O–H groups in total. The maximum Gasteiger partial charge on any atom is 0.263 e. The van der Waals surface area contributed by atoms with Crippen molar-refractivity contribution in [3.05, 3.63) is 88.9 Å². The Bertz CT molecular complexity index is 1240. The zero-order valence-corrected chi connectivity index (χ0v) is 18.8. The molecule has 0 spiro atoms. The lowest BCUT2D eigenvalue weighted by molar-refractivity contribution is 0.467. The molecule has 0 amide bonds. The number of sulfonamides is 2. The Morgan fingerprint density at radius 3 is 2.13 bits per heavy atom. The van der Waals surface area contributed by atoms with E-state index in [0.717, 1.165) is 11.1 Å². The molecule has 0 unspecified atom stereocenters. The molecule has 0 radical (unpaired) electrons. The number of nitrogens with one attached hydrogen (secondary N) is 1. The number of halogens is 1. The van der Waals surface area contributed by atoms with Crippen LogP contribution >= 0.6 is 11.6 Å². The van der Waals surface area contributed by atoms with Crippen molar-refractivity contribution in [3.63, 3.8) is 0 Å². The van der Waals surface area contributed by atoms with Gasteiger partial charge in [0.1, 0.15) is 4.90 Å². The molecular formula is C21H21ClN2O4S2. The van der Waals surface area contributed by atoms with Gasteiger partial charge in [0.25, 0.3) is 10.0 Å². The lowest BCUT2D eigenvalue weighted by Crippen LogP contribution is -2.26. The lowest BCUT2D eigenvalue weighted by atomic mass is 10.2. The Balaban J connectivity index is 1.78. The summed E-state index contributed by atoms with van der Waals surface area (Å²) >= 11 is 6.06. The van der Waals surface area contributed by atoms with Gasteiger partial charge < -0.3 is 0 Å². The third-order valence-electron chi connectivity index (χ3n) is 4.44. The SMILES string of the molecule is Cc1ccc(S(=O)(=O)Nc2ccc(S(=O)(=O)N(C)Cc3ccccc3)cc2)c(Cl)c1. The van der Waals surface area contributed by atoms with Gasteiger partial charge in [-0.15, -0.1) is 0 Å². The van der Waals surface area contributed by atoms with Gasteiger partial charge in [-0.1, -0.05) is 48.0 Å². The van der Waals surface area contributed by atoms with Gasteiger partial charge in [0.05, 0.1) is 9.92 Å². The average Bonchev–Trinajstić information content (AvgIpc) is 2.68. The average molecular weight is 465 g/mol. The highest BCUT2D eigenvalue weighted by atomic mass is 35.5. The van der Waals surface area contributed by atoms with Crippen LogP contribution in [0.1, 0.15) is 11.1 Å². The standard InChI is InChI=1S/C21H21ClN2O4S2/c1-16-8-13-21(20(22)14-16)29(25,26)23-18-9-11-19(12-10-18)30(27,28)24(2)15-17-6-4-3-5-7-17/h3-14,23H,15H2,1-2H3. The first-order chi connectivity index (χ1) is 14.1. The highest BCUT2D eigenvalue weighted by Gasteiger charge is 2.22. The fourth-order valence-corrected chi connectivity index (χ4v) is 5.65. The van der Waals surface area contributed by atoms with Crippen LogP contribution < -0.4 is 4.72 Å². The third-order valence-corrected chi connectivity index (χ3v) is 8.12. The van der Waals surface area contributed by atoms with Crippen molar-refractivity contribution in [1.82, 2.24) is 4.31 Å². The number of hydrogen-bond donors (Lipinski definition) is 1. The van der Waals surface area contributed by atoms with Crippen molar-refractivity contribution in [2.75, 3.05) is 11.8 Å². The largest absolute Gasteiger partial charge is 0.280 e. The Morgan fingerprint density at radius 1 is 0.900 bits per heavy atom. The molecule has 30 heavy (non-hydrogen) atoms. The highest BCUT2D eigenvalue weighted by molar-refractivity contribution is 7.92. The second kappa shape index (κ2) is 8.77. The monoisotopic (exact) mass is 464 g/mol. The van der Waals surface area contributed by atoms with Crippen molar-refractivity contribution >= 4 is 37.3 Å². The molecule has 0 saturated carbocycles. The molecule has 158 valence electrons. The summed E-state index contributed by atoms with van der Waals surface area (Å²) in [5.41, 5.74) is 1.94. The van der Waals surface area contributed by atoms with E-state index >= 15 is 0 Å². The van der Waals surface area contributed by atoms with Gasteiger partial charge in [-0.2, -0.15) is 4.31 Å². The van der Waals surface area contributed by atoms with Crippen LogP contribution in [0.3, 0.4) is 0 Å². The van der Waals surface area contributed by atoms with Gasteiger partial charge in [-0.05, 0) is 54.4 Å². The van der Waals surface area contributed by atoms with Gasteiger partial charge in [-0.3, -0.25) is 4.72 Å². The van der Waals surface area contributed by atoms with E-state index in [4.69, 9.17) is 11.6 Å². The number of aryl methyl sites for hydroxylation is 1. The summed E-state index contributed by atoms with van der Waals surface area (Å²) in [6, 6.07) is 19.4. The minimum absolute atomic E-state index is 0.0472. The smallest absolute Gasteiger partial charge is 0.263 e. The second-order valence-corrected chi connectivity index (χ2v) is 10.9. The van der Waals surface area contributed by atoms with Crippen molar-refractivity contribution in [2.24, 2.45) is 0 Å². The van der Waals surface area contributed by atoms with E-state index in [1.807, 2.05) is 37.3 Å². The zero-order valence-electron chi connectivity index (χ0n) is 16.4. The van der Waals surface area contributed by atoms with E-state index in [2.05, 4.69) is 4.72 Å². The molecule has 3 rings (SSSR count). The molecule has 0 aliphatic carbocycles. The maximum absolute atomic E-state index is 12.8. The number of benzene rings is 3. The molecule has 0 aliphatic heterocycles. The molecule has 9 heteroatoms. The van der Waals surface area contributed by atoms with Crippen LogP contribution in [0.4, 0.5) is 5.69 Å². The minimum atomic E-state index is -3.91. The van der Waals surface area contributed by atoms with Crippen molar-refractivity contribution in [1.29, 1.82) is 0 Å². The molecule has 0 saturated heterocycles. The van der Waals surface area contributed by atoms with Crippen LogP contribution in [0.2, 0.25) is 5.02 Å². The zero-order chi connectivity index (χ0) is 21.9. The van der Waals surface area contributed by atoms with Crippen molar-refractivity contribution in [2.45, 2.75) is 23.3 Å². The van der Waals surface area contributed by atoms with Crippen LogP contribution in [0, 0.1) is 6.92 Å². The summed E-state index contributed by atoms with van der Waals surface area (Å²) in [5, 5.41) is 0.115. The maximum atomic E-state index is 12.8. The Labute approximate surface area is 182 Å². The molecule has 3 aromatic rings. The summed E-state index contributed by atoms with van der Waals surface area (Å²) in [6.07, 6.45) is 0. The highest BCUT2D eigenvalue weighted by Crippen LogP contribution is 2.26. The van der Waals surface area contributed by atoms with E-state index in [-0.39, 0.29) is 27.0 Å². The summed E-state index contributed by atoms with van der Waals surface area (Å²) in [7, 11) is -6.14. The number of nitrogens with zero attached hydrogens (tertiary/aromatic N) is 1. The molecule has 6 nitrogen and oxygen atoms in total. The van der Waals surface area contributed by atoms with Crippen LogP contribution in [0.5, 0.6) is 0 Å².